The van der Waals surface area contributed by atoms with Gasteiger partial charge in [-0.1, -0.05) is 96.2 Å². The summed E-state index contributed by atoms with van der Waals surface area (Å²) in [6.45, 7) is 32.5. The summed E-state index contributed by atoms with van der Waals surface area (Å²) in [5, 5.41) is 14.4. The Labute approximate surface area is 188 Å². The molecule has 0 bridgehead atoms. The predicted molar refractivity (Wildman–Crippen MR) is 137 cm³/mol. The molecule has 0 aromatic rings. The standard InChI is InChI=1S/C18H46Cl2N4Si4/c1-15(2,3)25(13,16(4,5)6)23-27(19,21)24(28(23,20)22)26(14,17(7,8)9)18(10,11)12/h21-22H2,1-14H3. The molecule has 0 spiro atoms. The fourth-order valence-electron chi connectivity index (χ4n) is 5.44. The summed E-state index contributed by atoms with van der Waals surface area (Å²) in [7, 11) is -10.5. The van der Waals surface area contributed by atoms with Crippen molar-refractivity contribution in [2.75, 3.05) is 0 Å². The number of nitrogens with two attached hydrogens (primary N) is 2. The molecule has 4 N–H and O–H groups in total. The first kappa shape index (κ1) is 27.3. The average Bonchev–Trinajstić information content (AvgIpc) is 2.30. The third-order valence-electron chi connectivity index (χ3n) is 7.99. The van der Waals surface area contributed by atoms with Gasteiger partial charge < -0.3 is 10.8 Å². The fraction of sp³-hybridized carbons (Fsp3) is 1.00. The van der Waals surface area contributed by atoms with Crippen molar-refractivity contribution in [3.05, 3.63) is 0 Å². The van der Waals surface area contributed by atoms with Crippen LogP contribution in [0.15, 0.2) is 0 Å². The van der Waals surface area contributed by atoms with E-state index in [1.165, 1.54) is 0 Å². The summed E-state index contributed by atoms with van der Waals surface area (Å²) in [6.07, 6.45) is 0. The third-order valence-corrected chi connectivity index (χ3v) is 43.0. The molecule has 0 amide bonds. The van der Waals surface area contributed by atoms with Gasteiger partial charge in [0.15, 0.2) is 0 Å². The molecule has 1 rings (SSSR count). The van der Waals surface area contributed by atoms with Crippen LogP contribution in [0, 0.1) is 0 Å². The van der Waals surface area contributed by atoms with Gasteiger partial charge in [0.1, 0.15) is 16.5 Å². The molecule has 0 aromatic heterocycles. The van der Waals surface area contributed by atoms with E-state index in [9.17, 15) is 0 Å². The smallest absolute Gasteiger partial charge is 0.316 e. The van der Waals surface area contributed by atoms with Crippen molar-refractivity contribution >= 4 is 54.4 Å². The second kappa shape index (κ2) is 6.89. The SMILES string of the molecule is CC(C)(C)[Si](C)(N1[Si](N)(Cl)N([Si](C)(C(C)(C)C)C(C)(C)C)[Si]1(N)Cl)C(C)(C)C. The van der Waals surface area contributed by atoms with Gasteiger partial charge in [-0.25, -0.2) is 0 Å². The van der Waals surface area contributed by atoms with E-state index in [-0.39, 0.29) is 20.2 Å². The van der Waals surface area contributed by atoms with Crippen LogP contribution in [0.25, 0.3) is 0 Å². The Morgan fingerprint density at radius 3 is 0.786 bits per heavy atom. The van der Waals surface area contributed by atoms with Crippen molar-refractivity contribution < 1.29 is 0 Å². The van der Waals surface area contributed by atoms with Gasteiger partial charge in [0.05, 0.1) is 0 Å². The molecule has 1 fully saturated rings. The van der Waals surface area contributed by atoms with Crippen LogP contribution in [0.2, 0.25) is 33.2 Å². The van der Waals surface area contributed by atoms with Crippen molar-refractivity contribution in [1.82, 2.24) is 7.79 Å². The number of hydrogen-bond donors (Lipinski definition) is 2. The fourth-order valence-corrected chi connectivity index (χ4v) is 49.7. The molecule has 10 heteroatoms. The zero-order chi connectivity index (χ0) is 23.2. The first-order valence-electron chi connectivity index (χ1n) is 10.3. The summed E-state index contributed by atoms with van der Waals surface area (Å²) < 4.78 is 4.75. The average molecular weight is 502 g/mol. The molecule has 0 saturated carbocycles. The number of rotatable bonds is 2. The predicted octanol–water partition coefficient (Wildman–Crippen LogP) is 6.22. The van der Waals surface area contributed by atoms with Crippen LogP contribution in [0.1, 0.15) is 83.1 Å². The molecule has 28 heavy (non-hydrogen) atoms. The van der Waals surface area contributed by atoms with E-state index in [2.05, 4.69) is 104 Å². The lowest BCUT2D eigenvalue weighted by molar-refractivity contribution is 0.480. The summed E-state index contributed by atoms with van der Waals surface area (Å²) >= 11 is 14.8. The lowest BCUT2D eigenvalue weighted by Crippen LogP contribution is -3.06. The Hall–Kier alpha value is 1.29. The van der Waals surface area contributed by atoms with Gasteiger partial charge >= 0.3 is 15.7 Å². The highest BCUT2D eigenvalue weighted by Gasteiger charge is 2.81. The normalized spacial score (nSPS) is 29.8. The summed E-state index contributed by atoms with van der Waals surface area (Å²) in [5.41, 5.74) is 0. The lowest BCUT2D eigenvalue weighted by Gasteiger charge is -2.77. The maximum atomic E-state index is 7.42. The minimum atomic E-state index is -2.99. The Balaban J connectivity index is 3.81. The lowest BCUT2D eigenvalue weighted by atomic mass is 10.2. The molecule has 4 nitrogen and oxygen atoms in total. The van der Waals surface area contributed by atoms with Crippen LogP contribution in [0.3, 0.4) is 0 Å². The van der Waals surface area contributed by atoms with E-state index in [0.29, 0.717) is 0 Å². The van der Waals surface area contributed by atoms with Gasteiger partial charge in [-0.3, -0.25) is 7.79 Å². The summed E-state index contributed by atoms with van der Waals surface area (Å²) in [5.74, 6) is 0. The highest BCUT2D eigenvalue weighted by molar-refractivity contribution is 7.45. The molecule has 0 aromatic carbocycles. The van der Waals surface area contributed by atoms with E-state index < -0.39 is 32.2 Å². The minimum absolute atomic E-state index is 0.0395. The Bertz CT molecular complexity index is 519. The highest BCUT2D eigenvalue weighted by atomic mass is 35.6. The van der Waals surface area contributed by atoms with Gasteiger partial charge in [-0.05, 0) is 20.2 Å². The Morgan fingerprint density at radius 1 is 0.536 bits per heavy atom. The van der Waals surface area contributed by atoms with E-state index in [0.717, 1.165) is 0 Å². The quantitative estimate of drug-likeness (QED) is 0.348. The van der Waals surface area contributed by atoms with Crippen LogP contribution in [0.4, 0.5) is 0 Å². The van der Waals surface area contributed by atoms with Crippen molar-refractivity contribution in [3.63, 3.8) is 0 Å². The zero-order valence-electron chi connectivity index (χ0n) is 20.8. The molecule has 0 radical (unpaired) electrons. The van der Waals surface area contributed by atoms with Crippen LogP contribution in [0.5, 0.6) is 0 Å². The molecule has 168 valence electrons. The van der Waals surface area contributed by atoms with Crippen molar-refractivity contribution in [1.29, 1.82) is 0 Å². The van der Waals surface area contributed by atoms with Crippen LogP contribution < -0.4 is 10.8 Å². The second-order valence-corrected chi connectivity index (χ2v) is 34.6. The molecule has 1 aliphatic rings. The molecule has 1 saturated heterocycles. The van der Waals surface area contributed by atoms with Crippen molar-refractivity contribution in [2.24, 2.45) is 10.8 Å². The topological polar surface area (TPSA) is 58.5 Å². The van der Waals surface area contributed by atoms with Crippen LogP contribution >= 0.6 is 22.2 Å². The van der Waals surface area contributed by atoms with E-state index in [1.54, 1.807) is 0 Å². The molecular weight excluding hydrogens is 455 g/mol. The van der Waals surface area contributed by atoms with Crippen molar-refractivity contribution in [3.8, 4) is 0 Å². The Morgan fingerprint density at radius 2 is 0.679 bits per heavy atom. The van der Waals surface area contributed by atoms with Gasteiger partial charge in [-0.2, -0.15) is 0 Å². The maximum Gasteiger partial charge on any atom is 0.366 e. The van der Waals surface area contributed by atoms with Gasteiger partial charge in [0.25, 0.3) is 0 Å². The maximum absolute atomic E-state index is 7.42. The molecule has 0 atom stereocenters. The van der Waals surface area contributed by atoms with Gasteiger partial charge in [-0.15, -0.1) is 22.2 Å². The summed E-state index contributed by atoms with van der Waals surface area (Å²) in [6, 6.07) is 0. The number of nitrogens with zero attached hydrogens (tertiary/aromatic N) is 2. The van der Waals surface area contributed by atoms with Gasteiger partial charge in [0, 0.05) is 0 Å². The molecule has 0 aliphatic carbocycles. The third kappa shape index (κ3) is 3.51. The van der Waals surface area contributed by atoms with E-state index in [1.807, 2.05) is 0 Å². The Kier molecular flexibility index (Phi) is 6.72. The van der Waals surface area contributed by atoms with Crippen LogP contribution in [-0.2, 0) is 0 Å². The number of halogens is 2. The van der Waals surface area contributed by atoms with Crippen molar-refractivity contribution in [2.45, 2.75) is 116 Å². The molecular formula is C18H46Cl2N4Si4. The molecule has 1 aliphatic heterocycles. The second-order valence-electron chi connectivity index (χ2n) is 13.1. The first-order chi connectivity index (χ1) is 11.7. The van der Waals surface area contributed by atoms with Crippen LogP contribution in [-0.4, -0.2) is 40.0 Å². The van der Waals surface area contributed by atoms with E-state index >= 15 is 0 Å². The minimum Gasteiger partial charge on any atom is -0.316 e. The monoisotopic (exact) mass is 500 g/mol. The summed E-state index contributed by atoms with van der Waals surface area (Å²) in [4.78, 5) is 0. The van der Waals surface area contributed by atoms with E-state index in [4.69, 9.17) is 33.0 Å². The number of hydrogen-bond acceptors (Lipinski definition) is 4. The first-order valence-corrected chi connectivity index (χ1v) is 21.2. The zero-order valence-corrected chi connectivity index (χ0v) is 26.3. The largest absolute Gasteiger partial charge is 0.366 e. The highest BCUT2D eigenvalue weighted by Crippen LogP contribution is 2.63. The van der Waals surface area contributed by atoms with Gasteiger partial charge in [0.2, 0.25) is 0 Å². The molecule has 1 heterocycles. The molecule has 0 unspecified atom stereocenters.